The number of hydrogen-bond acceptors (Lipinski definition) is 4. The third kappa shape index (κ3) is 3.07. The lowest BCUT2D eigenvalue weighted by atomic mass is 9.99. The largest absolute Gasteiger partial charge is 0.361 e. The molecule has 4 nitrogen and oxygen atoms in total. The van der Waals surface area contributed by atoms with Gasteiger partial charge in [0, 0.05) is 30.9 Å². The number of rotatable bonds is 4. The Labute approximate surface area is 119 Å². The van der Waals surface area contributed by atoms with Gasteiger partial charge in [-0.15, -0.1) is 0 Å². The molecule has 4 heteroatoms. The fourth-order valence-electron chi connectivity index (χ4n) is 2.94. The van der Waals surface area contributed by atoms with Crippen LogP contribution in [0.1, 0.15) is 42.5 Å². The van der Waals surface area contributed by atoms with Crippen LogP contribution in [0.4, 0.5) is 0 Å². The highest BCUT2D eigenvalue weighted by molar-refractivity contribution is 5.10. The number of nitrogens with zero attached hydrogens (tertiary/aromatic N) is 3. The van der Waals surface area contributed by atoms with Crippen LogP contribution in [0.5, 0.6) is 0 Å². The van der Waals surface area contributed by atoms with Gasteiger partial charge in [-0.1, -0.05) is 17.6 Å². The number of aromatic nitrogens is 2. The normalized spacial score (nSPS) is 20.1. The van der Waals surface area contributed by atoms with Crippen molar-refractivity contribution in [2.75, 3.05) is 13.1 Å². The summed E-state index contributed by atoms with van der Waals surface area (Å²) >= 11 is 0. The minimum Gasteiger partial charge on any atom is -0.361 e. The monoisotopic (exact) mass is 271 g/mol. The molecule has 0 saturated carbocycles. The Bertz CT molecular complexity index is 538. The van der Waals surface area contributed by atoms with Gasteiger partial charge in [-0.3, -0.25) is 9.88 Å². The molecular weight excluding hydrogens is 250 g/mol. The van der Waals surface area contributed by atoms with Gasteiger partial charge in [0.15, 0.2) is 0 Å². The second kappa shape index (κ2) is 6.18. The second-order valence-corrected chi connectivity index (χ2v) is 5.48. The van der Waals surface area contributed by atoms with Crippen molar-refractivity contribution in [1.82, 2.24) is 15.0 Å². The molecule has 20 heavy (non-hydrogen) atoms. The molecule has 1 aliphatic heterocycles. The first-order valence-corrected chi connectivity index (χ1v) is 7.40. The fraction of sp³-hybridized carbons (Fsp3) is 0.500. The molecule has 106 valence electrons. The lowest BCUT2D eigenvalue weighted by molar-refractivity contribution is 0.143. The fourth-order valence-corrected chi connectivity index (χ4v) is 2.94. The number of likely N-dealkylation sites (tertiary alicyclic amines) is 1. The van der Waals surface area contributed by atoms with Crippen LogP contribution in [0, 0.1) is 6.92 Å². The standard InChI is InChI=1S/C16H21N3O/c1-13-12-15(18-20-13)16-7-3-5-10-19(16)11-8-14-6-2-4-9-17-14/h2,4,6,9,12,16H,3,5,7-8,10-11H2,1H3. The summed E-state index contributed by atoms with van der Waals surface area (Å²) < 4.78 is 5.24. The van der Waals surface area contributed by atoms with Gasteiger partial charge in [-0.05, 0) is 38.4 Å². The van der Waals surface area contributed by atoms with E-state index in [2.05, 4.69) is 33.2 Å². The molecule has 0 radical (unpaired) electrons. The summed E-state index contributed by atoms with van der Waals surface area (Å²) in [5, 5.41) is 4.21. The van der Waals surface area contributed by atoms with E-state index in [1.165, 1.54) is 19.3 Å². The summed E-state index contributed by atoms with van der Waals surface area (Å²) in [5.74, 6) is 0.898. The molecule has 3 rings (SSSR count). The summed E-state index contributed by atoms with van der Waals surface area (Å²) in [6, 6.07) is 8.59. The predicted octanol–water partition coefficient (Wildman–Crippen LogP) is 3.15. The topological polar surface area (TPSA) is 42.2 Å². The van der Waals surface area contributed by atoms with Crippen LogP contribution >= 0.6 is 0 Å². The summed E-state index contributed by atoms with van der Waals surface area (Å²) in [4.78, 5) is 6.93. The van der Waals surface area contributed by atoms with Crippen LogP contribution in [-0.2, 0) is 6.42 Å². The van der Waals surface area contributed by atoms with Gasteiger partial charge in [-0.2, -0.15) is 0 Å². The molecule has 0 amide bonds. The van der Waals surface area contributed by atoms with Crippen molar-refractivity contribution in [2.24, 2.45) is 0 Å². The molecule has 1 aliphatic rings. The van der Waals surface area contributed by atoms with Crippen molar-refractivity contribution < 1.29 is 4.52 Å². The zero-order valence-electron chi connectivity index (χ0n) is 12.0. The highest BCUT2D eigenvalue weighted by Gasteiger charge is 2.26. The molecule has 1 atom stereocenters. The maximum absolute atomic E-state index is 5.24. The van der Waals surface area contributed by atoms with Crippen molar-refractivity contribution in [2.45, 2.75) is 38.6 Å². The number of hydrogen-bond donors (Lipinski definition) is 0. The quantitative estimate of drug-likeness (QED) is 0.856. The van der Waals surface area contributed by atoms with E-state index >= 15 is 0 Å². The van der Waals surface area contributed by atoms with Gasteiger partial charge in [0.1, 0.15) is 11.5 Å². The first-order valence-electron chi connectivity index (χ1n) is 7.40. The number of aryl methyl sites for hydroxylation is 1. The third-order valence-corrected chi connectivity index (χ3v) is 3.98. The average Bonchev–Trinajstić information content (AvgIpc) is 2.93. The number of piperidine rings is 1. The first-order chi connectivity index (χ1) is 9.83. The molecule has 1 saturated heterocycles. The second-order valence-electron chi connectivity index (χ2n) is 5.48. The van der Waals surface area contributed by atoms with Crippen LogP contribution in [0.25, 0.3) is 0 Å². The van der Waals surface area contributed by atoms with Gasteiger partial charge >= 0.3 is 0 Å². The van der Waals surface area contributed by atoms with Crippen molar-refractivity contribution in [1.29, 1.82) is 0 Å². The highest BCUT2D eigenvalue weighted by Crippen LogP contribution is 2.30. The van der Waals surface area contributed by atoms with E-state index in [0.29, 0.717) is 6.04 Å². The first kappa shape index (κ1) is 13.3. The third-order valence-electron chi connectivity index (χ3n) is 3.98. The highest BCUT2D eigenvalue weighted by atomic mass is 16.5. The van der Waals surface area contributed by atoms with E-state index in [1.54, 1.807) is 0 Å². The van der Waals surface area contributed by atoms with Crippen molar-refractivity contribution in [3.8, 4) is 0 Å². The van der Waals surface area contributed by atoms with Gasteiger partial charge < -0.3 is 4.52 Å². The maximum atomic E-state index is 5.24. The Kier molecular flexibility index (Phi) is 4.11. The molecule has 1 unspecified atom stereocenters. The number of pyridine rings is 1. The Morgan fingerprint density at radius 3 is 3.05 bits per heavy atom. The van der Waals surface area contributed by atoms with Gasteiger partial charge in [0.2, 0.25) is 0 Å². The van der Waals surface area contributed by atoms with Crippen LogP contribution in [0.2, 0.25) is 0 Å². The molecule has 1 fully saturated rings. The van der Waals surface area contributed by atoms with Crippen molar-refractivity contribution in [3.63, 3.8) is 0 Å². The molecule has 0 spiro atoms. The van der Waals surface area contributed by atoms with Gasteiger partial charge in [0.25, 0.3) is 0 Å². The molecule has 3 heterocycles. The van der Waals surface area contributed by atoms with E-state index in [1.807, 2.05) is 19.2 Å². The van der Waals surface area contributed by atoms with Gasteiger partial charge in [-0.25, -0.2) is 0 Å². The molecule has 0 aliphatic carbocycles. The smallest absolute Gasteiger partial charge is 0.133 e. The van der Waals surface area contributed by atoms with Crippen molar-refractivity contribution in [3.05, 3.63) is 47.6 Å². The Hall–Kier alpha value is -1.68. The van der Waals surface area contributed by atoms with Crippen LogP contribution < -0.4 is 0 Å². The minimum absolute atomic E-state index is 0.407. The van der Waals surface area contributed by atoms with Crippen LogP contribution in [0.3, 0.4) is 0 Å². The lowest BCUT2D eigenvalue weighted by Gasteiger charge is -2.34. The SMILES string of the molecule is Cc1cc(C2CCCCN2CCc2ccccn2)no1. The van der Waals surface area contributed by atoms with Gasteiger partial charge in [0.05, 0.1) is 6.04 Å². The maximum Gasteiger partial charge on any atom is 0.133 e. The molecular formula is C16H21N3O. The zero-order valence-corrected chi connectivity index (χ0v) is 12.0. The summed E-state index contributed by atoms with van der Waals surface area (Å²) in [5.41, 5.74) is 2.25. The molecule has 0 aromatic carbocycles. The van der Waals surface area contributed by atoms with E-state index < -0.39 is 0 Å². The molecule has 2 aromatic heterocycles. The minimum atomic E-state index is 0.407. The zero-order chi connectivity index (χ0) is 13.8. The molecule has 0 N–H and O–H groups in total. The van der Waals surface area contributed by atoms with E-state index in [0.717, 1.165) is 36.7 Å². The summed E-state index contributed by atoms with van der Waals surface area (Å²) in [6.07, 6.45) is 6.58. The average molecular weight is 271 g/mol. The molecule has 2 aromatic rings. The predicted molar refractivity (Wildman–Crippen MR) is 77.3 cm³/mol. The van der Waals surface area contributed by atoms with Crippen LogP contribution in [0.15, 0.2) is 35.0 Å². The van der Waals surface area contributed by atoms with E-state index in [9.17, 15) is 0 Å². The van der Waals surface area contributed by atoms with E-state index in [-0.39, 0.29) is 0 Å². The van der Waals surface area contributed by atoms with E-state index in [4.69, 9.17) is 4.52 Å². The molecule has 0 bridgehead atoms. The Balaban J connectivity index is 1.66. The summed E-state index contributed by atoms with van der Waals surface area (Å²) in [6.45, 7) is 4.13. The van der Waals surface area contributed by atoms with Crippen molar-refractivity contribution >= 4 is 0 Å². The lowest BCUT2D eigenvalue weighted by Crippen LogP contribution is -2.35. The Morgan fingerprint density at radius 2 is 2.30 bits per heavy atom. The van der Waals surface area contributed by atoms with Crippen LogP contribution in [-0.4, -0.2) is 28.1 Å². The summed E-state index contributed by atoms with van der Waals surface area (Å²) in [7, 11) is 0. The Morgan fingerprint density at radius 1 is 1.35 bits per heavy atom.